The zero-order valence-electron chi connectivity index (χ0n) is 11.9. The van der Waals surface area contributed by atoms with Crippen molar-refractivity contribution in [1.82, 2.24) is 0 Å². The molecule has 0 amide bonds. The zero-order chi connectivity index (χ0) is 15.8. The highest BCUT2D eigenvalue weighted by atomic mass is 16.5. The summed E-state index contributed by atoms with van der Waals surface area (Å²) >= 11 is 0. The van der Waals surface area contributed by atoms with E-state index in [2.05, 4.69) is 0 Å². The Balaban J connectivity index is 2.22. The van der Waals surface area contributed by atoms with Crippen LogP contribution in [0, 0.1) is 0 Å². The van der Waals surface area contributed by atoms with Crippen LogP contribution in [-0.2, 0) is 9.53 Å². The minimum Gasteiger partial charge on any atom is -0.494 e. The average Bonchev–Trinajstić information content (AvgIpc) is 2.44. The number of ketones is 1. The Morgan fingerprint density at radius 2 is 2.14 bits per heavy atom. The summed E-state index contributed by atoms with van der Waals surface area (Å²) in [6.45, 7) is 2.96. The van der Waals surface area contributed by atoms with Crippen molar-refractivity contribution in [3.05, 3.63) is 35.6 Å². The van der Waals surface area contributed by atoms with Gasteiger partial charge in [0.15, 0.2) is 11.4 Å². The standard InChI is InChI=1S/C15H20O6/c1-3-4-10(16)13(18)11-5-8-6-12(17)15(2,20)14(19)9(8)7-21-11/h3-4,6-7,10-13,16-18,20H,5H2,1-2H3/b4-3+/t10?,11-,12-,13?,15-/m1/s1. The third kappa shape index (κ3) is 2.80. The number of hydrogen-bond acceptors (Lipinski definition) is 6. The lowest BCUT2D eigenvalue weighted by molar-refractivity contribution is -0.141. The molecule has 0 aromatic carbocycles. The smallest absolute Gasteiger partial charge is 0.200 e. The van der Waals surface area contributed by atoms with Crippen LogP contribution in [0.3, 0.4) is 0 Å². The van der Waals surface area contributed by atoms with Crippen molar-refractivity contribution in [3.8, 4) is 0 Å². The van der Waals surface area contributed by atoms with Crippen molar-refractivity contribution in [2.45, 2.75) is 50.3 Å². The molecule has 6 heteroatoms. The molecular weight excluding hydrogens is 276 g/mol. The third-order valence-electron chi connectivity index (χ3n) is 3.89. The van der Waals surface area contributed by atoms with Crippen LogP contribution in [0.1, 0.15) is 20.3 Å². The molecule has 5 atom stereocenters. The van der Waals surface area contributed by atoms with E-state index in [1.807, 2.05) is 0 Å². The summed E-state index contributed by atoms with van der Waals surface area (Å²) in [7, 11) is 0. The number of rotatable bonds is 3. The highest BCUT2D eigenvalue weighted by Crippen LogP contribution is 2.35. The van der Waals surface area contributed by atoms with Crippen molar-refractivity contribution in [2.75, 3.05) is 0 Å². The van der Waals surface area contributed by atoms with Crippen molar-refractivity contribution < 1.29 is 30.0 Å². The van der Waals surface area contributed by atoms with Crippen LogP contribution in [0.5, 0.6) is 0 Å². The van der Waals surface area contributed by atoms with Crippen LogP contribution in [0.25, 0.3) is 0 Å². The highest BCUT2D eigenvalue weighted by molar-refractivity contribution is 6.06. The van der Waals surface area contributed by atoms with Gasteiger partial charge in [0.1, 0.15) is 24.4 Å². The van der Waals surface area contributed by atoms with Gasteiger partial charge >= 0.3 is 0 Å². The van der Waals surface area contributed by atoms with E-state index in [0.717, 1.165) is 0 Å². The predicted molar refractivity (Wildman–Crippen MR) is 74.1 cm³/mol. The molecule has 0 saturated carbocycles. The summed E-state index contributed by atoms with van der Waals surface area (Å²) in [5.74, 6) is -0.616. The first kappa shape index (κ1) is 15.9. The molecule has 2 rings (SSSR count). The number of aliphatic hydroxyl groups is 4. The first-order chi connectivity index (χ1) is 9.78. The first-order valence-electron chi connectivity index (χ1n) is 6.80. The van der Waals surface area contributed by atoms with E-state index in [4.69, 9.17) is 4.74 Å². The molecule has 0 aromatic rings. The molecule has 21 heavy (non-hydrogen) atoms. The normalized spacial score (nSPS) is 35.6. The molecular formula is C15H20O6. The molecule has 0 bridgehead atoms. The van der Waals surface area contributed by atoms with E-state index in [1.54, 1.807) is 13.0 Å². The minimum atomic E-state index is -1.88. The average molecular weight is 296 g/mol. The van der Waals surface area contributed by atoms with E-state index in [9.17, 15) is 25.2 Å². The fourth-order valence-electron chi connectivity index (χ4n) is 2.46. The monoisotopic (exact) mass is 296 g/mol. The van der Waals surface area contributed by atoms with Gasteiger partial charge in [-0.15, -0.1) is 0 Å². The van der Waals surface area contributed by atoms with Gasteiger partial charge in [0, 0.05) is 6.42 Å². The number of carbonyl (C=O) groups excluding carboxylic acids is 1. The number of Topliss-reactive ketones (excluding diaryl/α,β-unsaturated/α-hetero) is 1. The molecule has 0 radical (unpaired) electrons. The van der Waals surface area contributed by atoms with Crippen LogP contribution in [0.15, 0.2) is 35.6 Å². The maximum Gasteiger partial charge on any atom is 0.200 e. The second-order valence-electron chi connectivity index (χ2n) is 5.53. The Kier molecular flexibility index (Phi) is 4.34. The van der Waals surface area contributed by atoms with Gasteiger partial charge in [-0.1, -0.05) is 12.2 Å². The second-order valence-corrected chi connectivity index (χ2v) is 5.53. The first-order valence-corrected chi connectivity index (χ1v) is 6.80. The maximum absolute atomic E-state index is 12.1. The van der Waals surface area contributed by atoms with Crippen molar-refractivity contribution in [1.29, 1.82) is 0 Å². The summed E-state index contributed by atoms with van der Waals surface area (Å²) in [4.78, 5) is 12.1. The van der Waals surface area contributed by atoms with Gasteiger partial charge in [-0.05, 0) is 25.5 Å². The summed E-state index contributed by atoms with van der Waals surface area (Å²) in [6, 6.07) is 0. The molecule has 0 fully saturated rings. The molecule has 1 heterocycles. The molecule has 6 nitrogen and oxygen atoms in total. The Hall–Kier alpha value is -1.47. The van der Waals surface area contributed by atoms with Crippen LogP contribution in [0.2, 0.25) is 0 Å². The Bertz CT molecular complexity index is 516. The summed E-state index contributed by atoms with van der Waals surface area (Å²) in [5, 5.41) is 39.5. The van der Waals surface area contributed by atoms with Crippen LogP contribution in [-0.4, -0.2) is 56.2 Å². The van der Waals surface area contributed by atoms with Gasteiger partial charge < -0.3 is 25.2 Å². The Morgan fingerprint density at radius 3 is 2.76 bits per heavy atom. The second kappa shape index (κ2) is 5.73. The maximum atomic E-state index is 12.1. The van der Waals surface area contributed by atoms with Crippen LogP contribution < -0.4 is 0 Å². The fourth-order valence-corrected chi connectivity index (χ4v) is 2.46. The van der Waals surface area contributed by atoms with Crippen molar-refractivity contribution in [3.63, 3.8) is 0 Å². The van der Waals surface area contributed by atoms with E-state index < -0.39 is 35.8 Å². The Labute approximate surface area is 122 Å². The number of hydrogen-bond donors (Lipinski definition) is 4. The lowest BCUT2D eigenvalue weighted by Crippen LogP contribution is -2.51. The topological polar surface area (TPSA) is 107 Å². The number of carbonyl (C=O) groups is 1. The molecule has 0 spiro atoms. The van der Waals surface area contributed by atoms with Crippen LogP contribution in [0.4, 0.5) is 0 Å². The number of ether oxygens (including phenoxy) is 1. The molecule has 1 aliphatic carbocycles. The van der Waals surface area contributed by atoms with Crippen molar-refractivity contribution >= 4 is 5.78 Å². The van der Waals surface area contributed by atoms with E-state index in [1.165, 1.54) is 25.3 Å². The molecule has 2 unspecified atom stereocenters. The van der Waals surface area contributed by atoms with E-state index in [-0.39, 0.29) is 12.0 Å². The summed E-state index contributed by atoms with van der Waals surface area (Å²) < 4.78 is 5.32. The van der Waals surface area contributed by atoms with Gasteiger partial charge in [-0.25, -0.2) is 0 Å². The molecule has 116 valence electrons. The SMILES string of the molecule is C/C=C/C(O)C(O)[C@H]1CC2=C[C@@H](O)[C@@](C)(O)C(=O)C2=CO1. The minimum absolute atomic E-state index is 0.167. The summed E-state index contributed by atoms with van der Waals surface area (Å²) in [6.07, 6.45) is 1.50. The molecule has 1 aliphatic heterocycles. The number of allylic oxidation sites excluding steroid dienone is 1. The van der Waals surface area contributed by atoms with E-state index >= 15 is 0 Å². The lowest BCUT2D eigenvalue weighted by Gasteiger charge is -2.37. The number of fused-ring (bicyclic) bond motifs is 1. The van der Waals surface area contributed by atoms with Gasteiger partial charge in [-0.3, -0.25) is 4.79 Å². The van der Waals surface area contributed by atoms with E-state index in [0.29, 0.717) is 5.57 Å². The molecule has 4 N–H and O–H groups in total. The summed E-state index contributed by atoms with van der Waals surface area (Å²) in [5.41, 5.74) is -1.19. The van der Waals surface area contributed by atoms with Gasteiger partial charge in [0.2, 0.25) is 0 Å². The largest absolute Gasteiger partial charge is 0.494 e. The fraction of sp³-hybridized carbons (Fsp3) is 0.533. The molecule has 2 aliphatic rings. The van der Waals surface area contributed by atoms with Crippen LogP contribution >= 0.6 is 0 Å². The van der Waals surface area contributed by atoms with Gasteiger partial charge in [-0.2, -0.15) is 0 Å². The van der Waals surface area contributed by atoms with Crippen molar-refractivity contribution in [2.24, 2.45) is 0 Å². The molecule has 0 aromatic heterocycles. The Morgan fingerprint density at radius 1 is 1.48 bits per heavy atom. The quantitative estimate of drug-likeness (QED) is 0.527. The van der Waals surface area contributed by atoms with Gasteiger partial charge in [0.05, 0.1) is 11.8 Å². The highest BCUT2D eigenvalue weighted by Gasteiger charge is 2.46. The molecule has 0 saturated heterocycles. The number of aliphatic hydroxyl groups excluding tert-OH is 3. The third-order valence-corrected chi connectivity index (χ3v) is 3.89. The predicted octanol–water partition coefficient (Wildman–Crippen LogP) is -0.422. The zero-order valence-corrected chi connectivity index (χ0v) is 11.9. The lowest BCUT2D eigenvalue weighted by atomic mass is 9.77. The van der Waals surface area contributed by atoms with Gasteiger partial charge in [0.25, 0.3) is 0 Å².